The molecule has 0 saturated carbocycles. The number of nitrogens with two attached hydrogens (primary N) is 1. The minimum atomic E-state index is 0. The minimum absolute atomic E-state index is 0. The van der Waals surface area contributed by atoms with E-state index in [1.54, 1.807) is 7.11 Å². The van der Waals surface area contributed by atoms with Crippen LogP contribution < -0.4 is 5.73 Å². The molecule has 1 aromatic heterocycles. The Morgan fingerprint density at radius 2 is 2.19 bits per heavy atom. The fourth-order valence-corrected chi connectivity index (χ4v) is 3.10. The lowest BCUT2D eigenvalue weighted by atomic mass is 9.98. The van der Waals surface area contributed by atoms with Crippen LogP contribution in [-0.4, -0.2) is 37.2 Å². The average Bonchev–Trinajstić information content (AvgIpc) is 2.91. The smallest absolute Gasteiger partial charge is 0.134 e. The second-order valence-corrected chi connectivity index (χ2v) is 5.50. The third kappa shape index (κ3) is 3.40. The highest BCUT2D eigenvalue weighted by atomic mass is 35.5. The summed E-state index contributed by atoms with van der Waals surface area (Å²) >= 11 is 0. The molecule has 0 spiro atoms. The van der Waals surface area contributed by atoms with Crippen LogP contribution in [0.1, 0.15) is 18.4 Å². The average molecular weight is 311 g/mol. The number of fused-ring (bicyclic) bond motifs is 1. The van der Waals surface area contributed by atoms with Crippen molar-refractivity contribution in [3.8, 4) is 0 Å². The molecular formula is C16H23ClN2O2. The molecule has 2 atom stereocenters. The molecule has 1 fully saturated rings. The standard InChI is InChI=1S/C16H22N2O2.ClH/c1-19-14-6-7-18(13(8-14)9-17)10-12-11-20-16-5-3-2-4-15(12)16;/h2-5,11,13-14H,6-10,17H2,1H3;1H. The Morgan fingerprint density at radius 3 is 2.95 bits per heavy atom. The van der Waals surface area contributed by atoms with Gasteiger partial charge in [-0.1, -0.05) is 18.2 Å². The summed E-state index contributed by atoms with van der Waals surface area (Å²) in [6.45, 7) is 2.60. The van der Waals surface area contributed by atoms with Crippen LogP contribution in [0, 0.1) is 0 Å². The van der Waals surface area contributed by atoms with Crippen LogP contribution in [-0.2, 0) is 11.3 Å². The number of hydrogen-bond donors (Lipinski definition) is 1. The highest BCUT2D eigenvalue weighted by molar-refractivity contribution is 5.85. The van der Waals surface area contributed by atoms with Crippen molar-refractivity contribution in [1.82, 2.24) is 4.90 Å². The predicted molar refractivity (Wildman–Crippen MR) is 86.7 cm³/mol. The van der Waals surface area contributed by atoms with Crippen LogP contribution in [0.4, 0.5) is 0 Å². The van der Waals surface area contributed by atoms with E-state index in [1.165, 1.54) is 10.9 Å². The first kappa shape index (κ1) is 16.3. The number of halogens is 1. The molecule has 116 valence electrons. The van der Waals surface area contributed by atoms with Gasteiger partial charge in [0.05, 0.1) is 12.4 Å². The van der Waals surface area contributed by atoms with Crippen molar-refractivity contribution in [2.45, 2.75) is 31.5 Å². The molecule has 0 radical (unpaired) electrons. The van der Waals surface area contributed by atoms with E-state index in [-0.39, 0.29) is 12.4 Å². The van der Waals surface area contributed by atoms with Gasteiger partial charge < -0.3 is 14.9 Å². The molecule has 5 heteroatoms. The topological polar surface area (TPSA) is 51.6 Å². The SMILES string of the molecule is COC1CCN(Cc2coc3ccccc23)C(CN)C1.Cl. The summed E-state index contributed by atoms with van der Waals surface area (Å²) in [6, 6.07) is 8.58. The lowest BCUT2D eigenvalue weighted by molar-refractivity contribution is 0.0103. The number of rotatable bonds is 4. The van der Waals surface area contributed by atoms with Crippen LogP contribution in [0.3, 0.4) is 0 Å². The van der Waals surface area contributed by atoms with Crippen LogP contribution in [0.15, 0.2) is 34.9 Å². The van der Waals surface area contributed by atoms with Crippen LogP contribution in [0.2, 0.25) is 0 Å². The monoisotopic (exact) mass is 310 g/mol. The fourth-order valence-electron chi connectivity index (χ4n) is 3.10. The Bertz CT molecular complexity index is 572. The number of methoxy groups -OCH3 is 1. The van der Waals surface area contributed by atoms with Crippen molar-refractivity contribution in [2.75, 3.05) is 20.2 Å². The van der Waals surface area contributed by atoms with Crippen molar-refractivity contribution in [1.29, 1.82) is 0 Å². The third-order valence-corrected chi connectivity index (χ3v) is 4.33. The molecule has 0 aliphatic carbocycles. The number of hydrogen-bond acceptors (Lipinski definition) is 4. The maximum atomic E-state index is 5.93. The van der Waals surface area contributed by atoms with Gasteiger partial charge >= 0.3 is 0 Å². The Balaban J connectivity index is 0.00000161. The van der Waals surface area contributed by atoms with E-state index in [0.717, 1.165) is 31.5 Å². The number of furan rings is 1. The molecule has 3 rings (SSSR count). The molecule has 1 saturated heterocycles. The van der Waals surface area contributed by atoms with Gasteiger partial charge in [0, 0.05) is 43.7 Å². The third-order valence-electron chi connectivity index (χ3n) is 4.33. The largest absolute Gasteiger partial charge is 0.464 e. The second-order valence-electron chi connectivity index (χ2n) is 5.50. The zero-order chi connectivity index (χ0) is 13.9. The number of nitrogens with zero attached hydrogens (tertiary/aromatic N) is 1. The number of likely N-dealkylation sites (tertiary alicyclic amines) is 1. The van der Waals surface area contributed by atoms with Gasteiger partial charge in [0.25, 0.3) is 0 Å². The van der Waals surface area contributed by atoms with Crippen LogP contribution >= 0.6 is 12.4 Å². The Morgan fingerprint density at radius 1 is 1.38 bits per heavy atom. The predicted octanol–water partition coefficient (Wildman–Crippen LogP) is 2.79. The summed E-state index contributed by atoms with van der Waals surface area (Å²) in [5.74, 6) is 0. The molecule has 1 aliphatic heterocycles. The van der Waals surface area contributed by atoms with Gasteiger partial charge in [-0.2, -0.15) is 0 Å². The Kier molecular flexibility index (Phi) is 5.65. The van der Waals surface area contributed by atoms with Gasteiger partial charge in [-0.3, -0.25) is 4.90 Å². The van der Waals surface area contributed by atoms with Crippen molar-refractivity contribution in [3.63, 3.8) is 0 Å². The van der Waals surface area contributed by atoms with Crippen molar-refractivity contribution in [3.05, 3.63) is 36.1 Å². The fraction of sp³-hybridized carbons (Fsp3) is 0.500. The highest BCUT2D eigenvalue weighted by Gasteiger charge is 2.28. The highest BCUT2D eigenvalue weighted by Crippen LogP contribution is 2.26. The van der Waals surface area contributed by atoms with Crippen LogP contribution in [0.25, 0.3) is 11.0 Å². The van der Waals surface area contributed by atoms with Gasteiger partial charge in [-0.25, -0.2) is 0 Å². The first-order valence-electron chi connectivity index (χ1n) is 7.24. The van der Waals surface area contributed by atoms with E-state index >= 15 is 0 Å². The van der Waals surface area contributed by atoms with Gasteiger partial charge in [-0.15, -0.1) is 12.4 Å². The normalized spacial score (nSPS) is 23.1. The summed E-state index contributed by atoms with van der Waals surface area (Å²) in [5, 5.41) is 1.21. The maximum absolute atomic E-state index is 5.93. The van der Waals surface area contributed by atoms with Gasteiger partial charge in [0.15, 0.2) is 0 Å². The molecule has 2 N–H and O–H groups in total. The summed E-state index contributed by atoms with van der Waals surface area (Å²) in [5.41, 5.74) is 8.13. The summed E-state index contributed by atoms with van der Waals surface area (Å²) < 4.78 is 11.1. The molecule has 0 bridgehead atoms. The van der Waals surface area contributed by atoms with Gasteiger partial charge in [0.2, 0.25) is 0 Å². The first-order chi connectivity index (χ1) is 9.81. The number of ether oxygens (including phenoxy) is 1. The Hall–Kier alpha value is -1.07. The molecule has 2 heterocycles. The van der Waals surface area contributed by atoms with E-state index in [2.05, 4.69) is 17.0 Å². The molecule has 2 aromatic rings. The second kappa shape index (κ2) is 7.27. The first-order valence-corrected chi connectivity index (χ1v) is 7.24. The van der Waals surface area contributed by atoms with Crippen molar-refractivity contribution < 1.29 is 9.15 Å². The zero-order valence-electron chi connectivity index (χ0n) is 12.3. The molecule has 21 heavy (non-hydrogen) atoms. The van der Waals surface area contributed by atoms with Crippen molar-refractivity contribution >= 4 is 23.4 Å². The molecule has 2 unspecified atom stereocenters. The quantitative estimate of drug-likeness (QED) is 0.943. The number of para-hydroxylation sites is 1. The van der Waals surface area contributed by atoms with Gasteiger partial charge in [-0.05, 0) is 18.9 Å². The van der Waals surface area contributed by atoms with E-state index in [0.29, 0.717) is 18.7 Å². The van der Waals surface area contributed by atoms with E-state index in [4.69, 9.17) is 14.9 Å². The molecule has 1 aromatic carbocycles. The maximum Gasteiger partial charge on any atom is 0.134 e. The summed E-state index contributed by atoms with van der Waals surface area (Å²) in [4.78, 5) is 2.45. The minimum Gasteiger partial charge on any atom is -0.464 e. The van der Waals surface area contributed by atoms with E-state index < -0.39 is 0 Å². The summed E-state index contributed by atoms with van der Waals surface area (Å²) in [7, 11) is 1.79. The zero-order valence-corrected chi connectivity index (χ0v) is 13.1. The van der Waals surface area contributed by atoms with Crippen LogP contribution in [0.5, 0.6) is 0 Å². The lowest BCUT2D eigenvalue weighted by Crippen LogP contribution is -2.47. The molecule has 4 nitrogen and oxygen atoms in total. The molecular weight excluding hydrogens is 288 g/mol. The number of piperidine rings is 1. The summed E-state index contributed by atoms with van der Waals surface area (Å²) in [6.07, 6.45) is 4.31. The number of benzene rings is 1. The van der Waals surface area contributed by atoms with E-state index in [9.17, 15) is 0 Å². The van der Waals surface area contributed by atoms with E-state index in [1.807, 2.05) is 18.4 Å². The Labute approximate surface area is 131 Å². The van der Waals surface area contributed by atoms with Gasteiger partial charge in [0.1, 0.15) is 5.58 Å². The molecule has 1 aliphatic rings. The lowest BCUT2D eigenvalue weighted by Gasteiger charge is -2.38. The molecule has 0 amide bonds. The van der Waals surface area contributed by atoms with Crippen molar-refractivity contribution in [2.24, 2.45) is 5.73 Å².